The highest BCUT2D eigenvalue weighted by molar-refractivity contribution is 5.91. The Hall–Kier alpha value is -1.40. The lowest BCUT2D eigenvalue weighted by Crippen LogP contribution is -2.06. The van der Waals surface area contributed by atoms with Crippen LogP contribution >= 0.6 is 0 Å². The zero-order valence-corrected chi connectivity index (χ0v) is 24.5. The molecule has 6 heteroatoms. The molecule has 0 heterocycles. The lowest BCUT2D eigenvalue weighted by molar-refractivity contribution is -0.140. The van der Waals surface area contributed by atoms with Crippen molar-refractivity contribution < 1.29 is 29.3 Å². The molecule has 0 unspecified atom stereocenters. The Kier molecular flexibility index (Phi) is 30.6. The van der Waals surface area contributed by atoms with Crippen LogP contribution in [0.25, 0.3) is 0 Å². The number of carbonyl (C=O) groups is 2. The summed E-state index contributed by atoms with van der Waals surface area (Å²) in [5.41, 5.74) is 0. The molecular weight excluding hydrogens is 480 g/mol. The molecule has 0 radical (unpaired) electrons. The summed E-state index contributed by atoms with van der Waals surface area (Å²) in [6.45, 7) is 1.44. The quantitative estimate of drug-likeness (QED) is 0.0545. The topological polar surface area (TPSA) is 93.1 Å². The molecule has 0 aromatic rings. The third kappa shape index (κ3) is 30.8. The van der Waals surface area contributed by atoms with Crippen LogP contribution in [0, 0.1) is 0 Å². The largest absolute Gasteiger partial charge is 0.463 e. The number of hydrogen-bond acceptors (Lipinski definition) is 6. The smallest absolute Gasteiger partial charge is 0.331 e. The number of carbonyl (C=O) groups excluding carboxylic acids is 2. The van der Waals surface area contributed by atoms with Gasteiger partial charge in [0.25, 0.3) is 0 Å². The van der Waals surface area contributed by atoms with Gasteiger partial charge in [0.1, 0.15) is 0 Å². The highest BCUT2D eigenvalue weighted by Gasteiger charge is 2.02. The molecule has 2 N–H and O–H groups in total. The summed E-state index contributed by atoms with van der Waals surface area (Å²) >= 11 is 0. The first-order valence-electron chi connectivity index (χ1n) is 15.9. The lowest BCUT2D eigenvalue weighted by Gasteiger charge is -2.04. The van der Waals surface area contributed by atoms with Crippen molar-refractivity contribution in [3.8, 4) is 0 Å². The van der Waals surface area contributed by atoms with E-state index in [2.05, 4.69) is 0 Å². The molecule has 0 atom stereocenters. The van der Waals surface area contributed by atoms with Gasteiger partial charge in [0, 0.05) is 25.4 Å². The van der Waals surface area contributed by atoms with Gasteiger partial charge in [-0.15, -0.1) is 0 Å². The van der Waals surface area contributed by atoms with Crippen LogP contribution in [0.5, 0.6) is 0 Å². The maximum atomic E-state index is 11.7. The first kappa shape index (κ1) is 36.6. The molecule has 0 aromatic carbocycles. The van der Waals surface area contributed by atoms with E-state index in [-0.39, 0.29) is 0 Å². The molecule has 0 saturated heterocycles. The second kappa shape index (κ2) is 31.8. The van der Waals surface area contributed by atoms with Gasteiger partial charge in [-0.2, -0.15) is 0 Å². The van der Waals surface area contributed by atoms with Crippen molar-refractivity contribution in [2.75, 3.05) is 26.4 Å². The number of ether oxygens (including phenoxy) is 2. The monoisotopic (exact) mass is 540 g/mol. The molecule has 38 heavy (non-hydrogen) atoms. The SMILES string of the molecule is O=C(/C=C\C(=O)OCCCCCCCCCCCCCCO)OCCCCCCCCCCCCCCO. The maximum absolute atomic E-state index is 11.7. The summed E-state index contributed by atoms with van der Waals surface area (Å²) in [4.78, 5) is 23.5. The molecule has 0 aromatic heterocycles. The van der Waals surface area contributed by atoms with Gasteiger partial charge >= 0.3 is 11.9 Å². The zero-order chi connectivity index (χ0) is 27.8. The maximum Gasteiger partial charge on any atom is 0.331 e. The minimum atomic E-state index is -0.480. The standard InChI is InChI=1S/C32H60O6/c33-27-21-17-13-9-5-1-3-7-11-15-19-23-29-37-31(35)25-26-32(36)38-30-24-20-16-12-8-4-2-6-10-14-18-22-28-34/h25-26,33-34H,1-24,27-30H2/b26-25-. The van der Waals surface area contributed by atoms with Gasteiger partial charge in [-0.3, -0.25) is 0 Å². The average molecular weight is 541 g/mol. The lowest BCUT2D eigenvalue weighted by atomic mass is 10.1. The second-order valence-corrected chi connectivity index (χ2v) is 10.6. The Morgan fingerprint density at radius 2 is 0.579 bits per heavy atom. The Morgan fingerprint density at radius 1 is 0.368 bits per heavy atom. The summed E-state index contributed by atoms with van der Waals surface area (Å²) in [6, 6.07) is 0. The molecule has 0 aliphatic carbocycles. The zero-order valence-electron chi connectivity index (χ0n) is 24.5. The third-order valence-electron chi connectivity index (χ3n) is 6.95. The third-order valence-corrected chi connectivity index (χ3v) is 6.95. The Balaban J connectivity index is 3.35. The number of aliphatic hydroxyl groups excluding tert-OH is 2. The van der Waals surface area contributed by atoms with Crippen LogP contribution in [-0.4, -0.2) is 48.6 Å². The number of unbranched alkanes of at least 4 members (excludes halogenated alkanes) is 22. The fourth-order valence-corrected chi connectivity index (χ4v) is 4.54. The van der Waals surface area contributed by atoms with E-state index in [0.717, 1.165) is 51.4 Å². The average Bonchev–Trinajstić information content (AvgIpc) is 2.92. The molecular formula is C32H60O6. The first-order valence-corrected chi connectivity index (χ1v) is 15.9. The van der Waals surface area contributed by atoms with Crippen LogP contribution in [0.3, 0.4) is 0 Å². The van der Waals surface area contributed by atoms with E-state index < -0.39 is 11.9 Å². The number of rotatable bonds is 30. The van der Waals surface area contributed by atoms with Crippen molar-refractivity contribution in [1.29, 1.82) is 0 Å². The van der Waals surface area contributed by atoms with Gasteiger partial charge in [0.2, 0.25) is 0 Å². The van der Waals surface area contributed by atoms with Crippen LogP contribution in [0.1, 0.15) is 154 Å². The van der Waals surface area contributed by atoms with Gasteiger partial charge in [0.05, 0.1) is 13.2 Å². The van der Waals surface area contributed by atoms with Gasteiger partial charge in [-0.1, -0.05) is 128 Å². The van der Waals surface area contributed by atoms with Crippen molar-refractivity contribution in [2.45, 2.75) is 154 Å². The van der Waals surface area contributed by atoms with Crippen molar-refractivity contribution >= 4 is 11.9 Å². The van der Waals surface area contributed by atoms with E-state index in [1.165, 1.54) is 115 Å². The molecule has 0 rings (SSSR count). The molecule has 0 spiro atoms. The number of esters is 2. The van der Waals surface area contributed by atoms with Crippen LogP contribution in [0.15, 0.2) is 12.2 Å². The van der Waals surface area contributed by atoms with E-state index in [4.69, 9.17) is 19.7 Å². The molecule has 6 nitrogen and oxygen atoms in total. The predicted octanol–water partition coefficient (Wildman–Crippen LogP) is 7.98. The summed E-state index contributed by atoms with van der Waals surface area (Å²) in [6.07, 6.45) is 30.6. The Morgan fingerprint density at radius 3 is 0.816 bits per heavy atom. The van der Waals surface area contributed by atoms with E-state index in [1.54, 1.807) is 0 Å². The minimum Gasteiger partial charge on any atom is -0.463 e. The van der Waals surface area contributed by atoms with Crippen molar-refractivity contribution in [1.82, 2.24) is 0 Å². The highest BCUT2D eigenvalue weighted by Crippen LogP contribution is 2.13. The molecule has 0 saturated carbocycles. The Labute approximate surface area is 234 Å². The first-order chi connectivity index (χ1) is 18.7. The van der Waals surface area contributed by atoms with Crippen LogP contribution < -0.4 is 0 Å². The number of aliphatic hydroxyl groups is 2. The van der Waals surface area contributed by atoms with Crippen molar-refractivity contribution in [2.24, 2.45) is 0 Å². The van der Waals surface area contributed by atoms with Gasteiger partial charge in [-0.05, 0) is 25.7 Å². The fourth-order valence-electron chi connectivity index (χ4n) is 4.54. The summed E-state index contributed by atoms with van der Waals surface area (Å²) in [5.74, 6) is -0.961. The second-order valence-electron chi connectivity index (χ2n) is 10.6. The molecule has 0 amide bonds. The summed E-state index contributed by atoms with van der Waals surface area (Å²) < 4.78 is 10.3. The van der Waals surface area contributed by atoms with Crippen LogP contribution in [0.2, 0.25) is 0 Å². The summed E-state index contributed by atoms with van der Waals surface area (Å²) in [7, 11) is 0. The van der Waals surface area contributed by atoms with Crippen LogP contribution in [0.4, 0.5) is 0 Å². The Bertz CT molecular complexity index is 488. The fraction of sp³-hybridized carbons (Fsp3) is 0.875. The van der Waals surface area contributed by atoms with Gasteiger partial charge in [0.15, 0.2) is 0 Å². The van der Waals surface area contributed by atoms with E-state index in [1.807, 2.05) is 0 Å². The normalized spacial score (nSPS) is 11.3. The number of hydrogen-bond donors (Lipinski definition) is 2. The molecule has 0 fully saturated rings. The molecule has 0 aliphatic heterocycles. The van der Waals surface area contributed by atoms with E-state index >= 15 is 0 Å². The van der Waals surface area contributed by atoms with Crippen molar-refractivity contribution in [3.63, 3.8) is 0 Å². The molecule has 224 valence electrons. The van der Waals surface area contributed by atoms with Gasteiger partial charge < -0.3 is 19.7 Å². The van der Waals surface area contributed by atoms with Crippen LogP contribution in [-0.2, 0) is 19.1 Å². The molecule has 0 bridgehead atoms. The van der Waals surface area contributed by atoms with E-state index in [9.17, 15) is 9.59 Å². The molecule has 0 aliphatic rings. The summed E-state index contributed by atoms with van der Waals surface area (Å²) in [5, 5.41) is 17.5. The van der Waals surface area contributed by atoms with Crippen molar-refractivity contribution in [3.05, 3.63) is 12.2 Å². The predicted molar refractivity (Wildman–Crippen MR) is 156 cm³/mol. The van der Waals surface area contributed by atoms with E-state index in [0.29, 0.717) is 26.4 Å². The minimum absolute atomic E-state index is 0.320. The highest BCUT2D eigenvalue weighted by atomic mass is 16.5. The van der Waals surface area contributed by atoms with Gasteiger partial charge in [-0.25, -0.2) is 9.59 Å².